The molecule has 1 fully saturated rings. The molecule has 2 aromatic carbocycles. The average molecular weight is 380 g/mol. The van der Waals surface area contributed by atoms with Crippen LogP contribution in [0.3, 0.4) is 0 Å². The van der Waals surface area contributed by atoms with Gasteiger partial charge in [-0.15, -0.1) is 0 Å². The second-order valence-electron chi connectivity index (χ2n) is 6.80. The van der Waals surface area contributed by atoms with Gasteiger partial charge >= 0.3 is 6.03 Å². The summed E-state index contributed by atoms with van der Waals surface area (Å²) in [5.74, 6) is -0.163. The molecule has 4 rings (SSSR count). The van der Waals surface area contributed by atoms with Crippen LogP contribution >= 0.6 is 11.3 Å². The Morgan fingerprint density at radius 1 is 1.07 bits per heavy atom. The Balaban J connectivity index is 1.52. The molecule has 1 saturated carbocycles. The number of hydrogen-bond acceptors (Lipinski definition) is 4. The number of para-hydroxylation sites is 1. The summed E-state index contributed by atoms with van der Waals surface area (Å²) in [6.45, 7) is 3.94. The predicted octanol–water partition coefficient (Wildman–Crippen LogP) is 4.45. The molecule has 7 heteroatoms. The lowest BCUT2D eigenvalue weighted by Crippen LogP contribution is -2.30. The Hall–Kier alpha value is -2.93. The second kappa shape index (κ2) is 7.00. The first-order valence-electron chi connectivity index (χ1n) is 8.85. The molecule has 0 spiro atoms. The monoisotopic (exact) mass is 380 g/mol. The van der Waals surface area contributed by atoms with E-state index in [1.807, 2.05) is 32.0 Å². The summed E-state index contributed by atoms with van der Waals surface area (Å²) in [7, 11) is 0. The van der Waals surface area contributed by atoms with E-state index in [1.54, 1.807) is 18.2 Å². The van der Waals surface area contributed by atoms with Gasteiger partial charge in [-0.2, -0.15) is 0 Å². The number of aryl methyl sites for hydroxylation is 2. The van der Waals surface area contributed by atoms with Crippen molar-refractivity contribution in [3.05, 3.63) is 53.1 Å². The van der Waals surface area contributed by atoms with Crippen LogP contribution in [0.4, 0.5) is 15.6 Å². The standard InChI is InChI=1S/C20H20N4O2S/c1-11-4-3-5-12(2)17(11)23-18(25)13-6-9-15-16(10-13)27-20(22-15)24-19(26)21-14-7-8-14/h3-6,9-10,14H,7-8H2,1-2H3,(H,23,25)(H2,21,22,24,26). The SMILES string of the molecule is Cc1cccc(C)c1NC(=O)c1ccc2nc(NC(=O)NC3CC3)sc2c1. The number of anilines is 2. The fourth-order valence-electron chi connectivity index (χ4n) is 2.86. The number of hydrogen-bond donors (Lipinski definition) is 3. The van der Waals surface area contributed by atoms with Gasteiger partial charge in [0.2, 0.25) is 0 Å². The number of carbonyl (C=O) groups is 2. The third-order valence-corrected chi connectivity index (χ3v) is 5.44. The highest BCUT2D eigenvalue weighted by Crippen LogP contribution is 2.28. The number of nitrogens with one attached hydrogen (secondary N) is 3. The van der Waals surface area contributed by atoms with Gasteiger partial charge in [-0.25, -0.2) is 9.78 Å². The number of fused-ring (bicyclic) bond motifs is 1. The molecule has 0 unspecified atom stereocenters. The summed E-state index contributed by atoms with van der Waals surface area (Å²) < 4.78 is 0.853. The highest BCUT2D eigenvalue weighted by molar-refractivity contribution is 7.22. The zero-order valence-corrected chi connectivity index (χ0v) is 15.9. The van der Waals surface area contributed by atoms with Gasteiger partial charge in [0.15, 0.2) is 5.13 Å². The molecule has 27 heavy (non-hydrogen) atoms. The fourth-order valence-corrected chi connectivity index (χ4v) is 3.76. The van der Waals surface area contributed by atoms with Crippen LogP contribution in [0.15, 0.2) is 36.4 Å². The molecule has 1 aliphatic carbocycles. The van der Waals surface area contributed by atoms with E-state index in [1.165, 1.54) is 11.3 Å². The summed E-state index contributed by atoms with van der Waals surface area (Å²) in [5, 5.41) is 9.15. The predicted molar refractivity (Wildman–Crippen MR) is 109 cm³/mol. The van der Waals surface area contributed by atoms with Crippen LogP contribution < -0.4 is 16.0 Å². The Morgan fingerprint density at radius 3 is 2.52 bits per heavy atom. The van der Waals surface area contributed by atoms with Crippen LogP contribution in [0.5, 0.6) is 0 Å². The summed E-state index contributed by atoms with van der Waals surface area (Å²) in [6.07, 6.45) is 2.07. The van der Waals surface area contributed by atoms with E-state index >= 15 is 0 Å². The van der Waals surface area contributed by atoms with Crippen molar-refractivity contribution in [2.24, 2.45) is 0 Å². The molecule has 6 nitrogen and oxygen atoms in total. The normalized spacial score (nSPS) is 13.4. The topological polar surface area (TPSA) is 83.1 Å². The van der Waals surface area contributed by atoms with Crippen LogP contribution in [0.2, 0.25) is 0 Å². The van der Waals surface area contributed by atoms with Crippen molar-refractivity contribution in [1.29, 1.82) is 0 Å². The van der Waals surface area contributed by atoms with Crippen molar-refractivity contribution >= 4 is 44.3 Å². The molecule has 0 bridgehead atoms. The third-order valence-electron chi connectivity index (χ3n) is 4.50. The number of aromatic nitrogens is 1. The van der Waals surface area contributed by atoms with Crippen LogP contribution in [0.1, 0.15) is 34.3 Å². The number of thiazole rings is 1. The van der Waals surface area contributed by atoms with Crippen molar-refractivity contribution in [2.45, 2.75) is 32.7 Å². The zero-order chi connectivity index (χ0) is 19.0. The van der Waals surface area contributed by atoms with Crippen LogP contribution in [-0.2, 0) is 0 Å². The second-order valence-corrected chi connectivity index (χ2v) is 7.83. The Morgan fingerprint density at radius 2 is 1.81 bits per heavy atom. The molecular formula is C20H20N4O2S. The van der Waals surface area contributed by atoms with Crippen LogP contribution in [0.25, 0.3) is 10.2 Å². The quantitative estimate of drug-likeness (QED) is 0.625. The first-order valence-corrected chi connectivity index (χ1v) is 9.67. The highest BCUT2D eigenvalue weighted by Gasteiger charge is 2.23. The lowest BCUT2D eigenvalue weighted by molar-refractivity contribution is 0.102. The first-order chi connectivity index (χ1) is 13.0. The lowest BCUT2D eigenvalue weighted by atomic mass is 10.1. The van der Waals surface area contributed by atoms with E-state index in [9.17, 15) is 9.59 Å². The van der Waals surface area contributed by atoms with Gasteiger partial charge in [0.25, 0.3) is 5.91 Å². The Kier molecular flexibility index (Phi) is 4.53. The molecule has 1 heterocycles. The Bertz CT molecular complexity index is 1020. The minimum Gasteiger partial charge on any atom is -0.335 e. The first kappa shape index (κ1) is 17.5. The molecule has 0 saturated heterocycles. The molecule has 3 N–H and O–H groups in total. The van der Waals surface area contributed by atoms with E-state index in [0.29, 0.717) is 16.7 Å². The number of nitrogens with zero attached hydrogens (tertiary/aromatic N) is 1. The maximum atomic E-state index is 12.7. The Labute approximate surface area is 161 Å². The van der Waals surface area contributed by atoms with Gasteiger partial charge in [0, 0.05) is 17.3 Å². The van der Waals surface area contributed by atoms with Crippen molar-refractivity contribution in [3.8, 4) is 0 Å². The summed E-state index contributed by atoms with van der Waals surface area (Å²) in [4.78, 5) is 28.9. The number of rotatable bonds is 4. The largest absolute Gasteiger partial charge is 0.335 e. The molecule has 1 aliphatic rings. The van der Waals surface area contributed by atoms with Gasteiger partial charge in [0.1, 0.15) is 0 Å². The third kappa shape index (κ3) is 3.93. The summed E-state index contributed by atoms with van der Waals surface area (Å²) >= 11 is 1.35. The maximum absolute atomic E-state index is 12.7. The van der Waals surface area contributed by atoms with Crippen molar-refractivity contribution < 1.29 is 9.59 Å². The molecule has 0 aliphatic heterocycles. The lowest BCUT2D eigenvalue weighted by Gasteiger charge is -2.11. The van der Waals surface area contributed by atoms with Gasteiger partial charge in [0.05, 0.1) is 10.2 Å². The van der Waals surface area contributed by atoms with E-state index in [-0.39, 0.29) is 11.9 Å². The molecule has 0 atom stereocenters. The fraction of sp³-hybridized carbons (Fsp3) is 0.250. The van der Waals surface area contributed by atoms with Crippen molar-refractivity contribution in [2.75, 3.05) is 10.6 Å². The maximum Gasteiger partial charge on any atom is 0.321 e. The number of benzene rings is 2. The number of amides is 3. The summed E-state index contributed by atoms with van der Waals surface area (Å²) in [5.41, 5.74) is 4.20. The van der Waals surface area contributed by atoms with E-state index in [2.05, 4.69) is 20.9 Å². The zero-order valence-electron chi connectivity index (χ0n) is 15.1. The average Bonchev–Trinajstić information content (AvgIpc) is 3.34. The molecule has 1 aromatic heterocycles. The number of carbonyl (C=O) groups excluding carboxylic acids is 2. The summed E-state index contributed by atoms with van der Waals surface area (Å²) in [6, 6.07) is 11.3. The van der Waals surface area contributed by atoms with E-state index in [4.69, 9.17) is 0 Å². The van der Waals surface area contributed by atoms with Crippen molar-refractivity contribution in [3.63, 3.8) is 0 Å². The molecule has 0 radical (unpaired) electrons. The molecule has 138 valence electrons. The van der Waals surface area contributed by atoms with Crippen molar-refractivity contribution in [1.82, 2.24) is 10.3 Å². The van der Waals surface area contributed by atoms with Gasteiger partial charge in [-0.1, -0.05) is 29.5 Å². The van der Waals surface area contributed by atoms with Crippen LogP contribution in [-0.4, -0.2) is 23.0 Å². The highest BCUT2D eigenvalue weighted by atomic mass is 32.1. The van der Waals surface area contributed by atoms with E-state index < -0.39 is 0 Å². The van der Waals surface area contributed by atoms with Gasteiger partial charge in [-0.05, 0) is 56.0 Å². The molecule has 3 aromatic rings. The van der Waals surface area contributed by atoms with E-state index in [0.717, 1.165) is 39.9 Å². The van der Waals surface area contributed by atoms with Crippen LogP contribution in [0, 0.1) is 13.8 Å². The smallest absolute Gasteiger partial charge is 0.321 e. The van der Waals surface area contributed by atoms with Gasteiger partial charge < -0.3 is 10.6 Å². The minimum atomic E-state index is -0.232. The number of urea groups is 1. The minimum absolute atomic E-state index is 0.163. The molecule has 3 amide bonds. The molecular weight excluding hydrogens is 360 g/mol. The van der Waals surface area contributed by atoms with Gasteiger partial charge in [-0.3, -0.25) is 10.1 Å².